The summed E-state index contributed by atoms with van der Waals surface area (Å²) in [6.07, 6.45) is -8.58. The summed E-state index contributed by atoms with van der Waals surface area (Å²) >= 11 is 12.4. The summed E-state index contributed by atoms with van der Waals surface area (Å²) in [6, 6.07) is 12.9. The summed E-state index contributed by atoms with van der Waals surface area (Å²) in [5, 5.41) is 0.562. The van der Waals surface area contributed by atoms with Crippen molar-refractivity contribution in [2.45, 2.75) is 37.7 Å². The average molecular weight is 754 g/mol. The molecule has 0 spiro atoms. The normalized spacial score (nSPS) is 16.0. The molecule has 0 bridgehead atoms. The van der Waals surface area contributed by atoms with Crippen molar-refractivity contribution in [2.75, 3.05) is 57.5 Å². The lowest BCUT2D eigenvalue weighted by atomic mass is 9.94. The Kier molecular flexibility index (Phi) is 12.2. The molecule has 1 heterocycles. The molecule has 2 atom stereocenters. The molecule has 0 saturated carbocycles. The van der Waals surface area contributed by atoms with Crippen molar-refractivity contribution >= 4 is 44.8 Å². The molecule has 1 unspecified atom stereocenters. The first-order valence-electron chi connectivity index (χ1n) is 15.3. The smallest absolute Gasteiger partial charge is 0.369 e. The van der Waals surface area contributed by atoms with E-state index in [1.165, 1.54) is 7.05 Å². The fraction of sp³-hybridized carbons (Fsp3) is 0.424. The number of hydrogen-bond donors (Lipinski definition) is 1. The molecule has 0 aliphatic carbocycles. The van der Waals surface area contributed by atoms with Gasteiger partial charge >= 0.3 is 12.4 Å². The molecule has 1 fully saturated rings. The summed E-state index contributed by atoms with van der Waals surface area (Å²) in [7, 11) is -2.09. The van der Waals surface area contributed by atoms with Crippen molar-refractivity contribution in [1.29, 1.82) is 0 Å². The Labute approximate surface area is 291 Å². The highest BCUT2D eigenvalue weighted by atomic mass is 35.5. The third-order valence-electron chi connectivity index (χ3n) is 8.39. The highest BCUT2D eigenvalue weighted by Crippen LogP contribution is 2.37. The number of nitrogens with zero attached hydrogens (tertiary/aromatic N) is 3. The van der Waals surface area contributed by atoms with Gasteiger partial charge in [-0.1, -0.05) is 47.5 Å². The minimum Gasteiger partial charge on any atom is -0.369 e. The Balaban J connectivity index is 1.49. The molecular formula is C33H36Cl2F6N4O3S. The Morgan fingerprint density at radius 3 is 2.04 bits per heavy atom. The maximum Gasteiger partial charge on any atom is 0.416 e. The van der Waals surface area contributed by atoms with Gasteiger partial charge in [0.1, 0.15) is 0 Å². The van der Waals surface area contributed by atoms with Gasteiger partial charge in [0.2, 0.25) is 10.0 Å². The number of hydrogen-bond acceptors (Lipinski definition) is 5. The number of alkyl halides is 6. The Bertz CT molecular complexity index is 1720. The van der Waals surface area contributed by atoms with Crippen molar-refractivity contribution in [3.8, 4) is 0 Å². The highest BCUT2D eigenvalue weighted by molar-refractivity contribution is 7.88. The largest absolute Gasteiger partial charge is 0.416 e. The van der Waals surface area contributed by atoms with Gasteiger partial charge in [0.25, 0.3) is 5.91 Å². The van der Waals surface area contributed by atoms with E-state index in [4.69, 9.17) is 23.2 Å². The number of carbonyl (C=O) groups is 1. The van der Waals surface area contributed by atoms with E-state index in [2.05, 4.69) is 14.5 Å². The van der Waals surface area contributed by atoms with Crippen molar-refractivity contribution in [3.05, 3.63) is 98.5 Å². The van der Waals surface area contributed by atoms with Crippen molar-refractivity contribution in [1.82, 2.24) is 14.5 Å². The number of benzene rings is 3. The first-order valence-corrected chi connectivity index (χ1v) is 17.9. The molecule has 0 radical (unpaired) electrons. The molecule has 1 N–H and O–H groups in total. The monoisotopic (exact) mass is 752 g/mol. The average Bonchev–Trinajstić information content (AvgIpc) is 3.02. The van der Waals surface area contributed by atoms with Crippen molar-refractivity contribution < 1.29 is 39.6 Å². The molecular weight excluding hydrogens is 717 g/mol. The topological polar surface area (TPSA) is 73.0 Å². The third-order valence-corrected chi connectivity index (χ3v) is 9.91. The van der Waals surface area contributed by atoms with E-state index in [9.17, 15) is 39.6 Å². The lowest BCUT2D eigenvalue weighted by Crippen LogP contribution is -2.47. The third kappa shape index (κ3) is 10.5. The summed E-state index contributed by atoms with van der Waals surface area (Å²) in [4.78, 5) is 18.8. The minimum absolute atomic E-state index is 0.0132. The first kappa shape index (κ1) is 38.8. The minimum atomic E-state index is -5.09. The molecule has 1 saturated heterocycles. The van der Waals surface area contributed by atoms with Crippen LogP contribution in [0, 0.1) is 0 Å². The number of sulfonamides is 1. The van der Waals surface area contributed by atoms with E-state index in [-0.39, 0.29) is 17.6 Å². The lowest BCUT2D eigenvalue weighted by molar-refractivity contribution is -0.143. The van der Waals surface area contributed by atoms with Gasteiger partial charge in [-0.3, -0.25) is 9.69 Å². The number of rotatable bonds is 11. The highest BCUT2D eigenvalue weighted by Gasteiger charge is 2.38. The second-order valence-corrected chi connectivity index (χ2v) is 14.7. The number of nitrogens with one attached hydrogen (secondary N) is 1. The number of carbonyl (C=O) groups excluding carboxylic acids is 1. The molecule has 268 valence electrons. The number of para-hydroxylation sites is 1. The number of amides is 1. The molecule has 3 aromatic carbocycles. The van der Waals surface area contributed by atoms with E-state index in [1.54, 1.807) is 25.1 Å². The molecule has 1 aliphatic rings. The van der Waals surface area contributed by atoms with Crippen LogP contribution in [0.5, 0.6) is 0 Å². The van der Waals surface area contributed by atoms with Crippen molar-refractivity contribution in [3.63, 3.8) is 0 Å². The Morgan fingerprint density at radius 2 is 1.49 bits per heavy atom. The number of halogens is 8. The van der Waals surface area contributed by atoms with Crippen LogP contribution in [0.15, 0.2) is 60.7 Å². The van der Waals surface area contributed by atoms with Crippen LogP contribution in [0.1, 0.15) is 57.9 Å². The standard InChI is InChI=1S/C33H36Cl2F6N4O3S/c1-21(42-49(3,47)48)27-6-4-5-7-30(27)45-14-12-44(13-15-45)11-10-23(22-8-9-28(34)29(35)18-22)20-43(2)31(46)24-16-25(32(36,37)38)19-26(17-24)33(39,40)41/h4-9,16-19,21,23,42H,10-15,20H2,1-3H3/t21-,23?/m0/s1. The molecule has 16 heteroatoms. The van der Waals surface area contributed by atoms with Gasteiger partial charge in [-0.25, -0.2) is 13.1 Å². The summed E-state index contributed by atoms with van der Waals surface area (Å²) < 4.78 is 107. The van der Waals surface area contributed by atoms with Gasteiger partial charge in [0.15, 0.2) is 0 Å². The van der Waals surface area contributed by atoms with E-state index >= 15 is 0 Å². The van der Waals surface area contributed by atoms with Gasteiger partial charge in [-0.05, 0) is 67.4 Å². The summed E-state index contributed by atoms with van der Waals surface area (Å²) in [6.45, 7) is 4.95. The van der Waals surface area contributed by atoms with Crippen LogP contribution in [0.3, 0.4) is 0 Å². The quantitative estimate of drug-likeness (QED) is 0.203. The predicted octanol–water partition coefficient (Wildman–Crippen LogP) is 7.71. The van der Waals surface area contributed by atoms with E-state index in [1.807, 2.05) is 24.3 Å². The van der Waals surface area contributed by atoms with Crippen LogP contribution in [0.4, 0.5) is 32.0 Å². The van der Waals surface area contributed by atoms with Gasteiger partial charge < -0.3 is 9.80 Å². The van der Waals surface area contributed by atoms with Crippen LogP contribution in [0.2, 0.25) is 10.0 Å². The van der Waals surface area contributed by atoms with Crippen LogP contribution >= 0.6 is 23.2 Å². The van der Waals surface area contributed by atoms with E-state index in [0.717, 1.165) is 22.4 Å². The SMILES string of the molecule is C[C@H](NS(C)(=O)=O)c1ccccc1N1CCN(CCC(CN(C)C(=O)c2cc(C(F)(F)F)cc(C(F)(F)F)c2)c2ccc(Cl)c(Cl)c2)CC1. The zero-order valence-electron chi connectivity index (χ0n) is 26.9. The first-order chi connectivity index (χ1) is 22.7. The Morgan fingerprint density at radius 1 is 0.898 bits per heavy atom. The maximum absolute atomic E-state index is 13.5. The molecule has 1 amide bonds. The second-order valence-electron chi connectivity index (χ2n) is 12.1. The van der Waals surface area contributed by atoms with Crippen LogP contribution in [-0.2, 0) is 22.4 Å². The molecule has 49 heavy (non-hydrogen) atoms. The number of likely N-dealkylation sites (N-methyl/N-ethyl adjacent to an activating group) is 1. The summed E-state index contributed by atoms with van der Waals surface area (Å²) in [5.41, 5.74) is -1.39. The molecule has 3 aromatic rings. The van der Waals surface area contributed by atoms with Crippen LogP contribution < -0.4 is 9.62 Å². The zero-order valence-corrected chi connectivity index (χ0v) is 29.2. The summed E-state index contributed by atoms with van der Waals surface area (Å²) in [5.74, 6) is -1.38. The molecule has 1 aliphatic heterocycles. The van der Waals surface area contributed by atoms with Gasteiger partial charge in [-0.15, -0.1) is 0 Å². The van der Waals surface area contributed by atoms with Gasteiger partial charge in [-0.2, -0.15) is 26.3 Å². The Hall–Kier alpha value is -3.04. The van der Waals surface area contributed by atoms with Crippen molar-refractivity contribution in [2.24, 2.45) is 0 Å². The van der Waals surface area contributed by atoms with Gasteiger partial charge in [0.05, 0.1) is 27.4 Å². The van der Waals surface area contributed by atoms with Gasteiger partial charge in [0, 0.05) is 63.0 Å². The zero-order chi connectivity index (χ0) is 36.3. The van der Waals surface area contributed by atoms with E-state index in [0.29, 0.717) is 61.9 Å². The molecule has 0 aromatic heterocycles. The predicted molar refractivity (Wildman–Crippen MR) is 179 cm³/mol. The number of anilines is 1. The van der Waals surface area contributed by atoms with Crippen LogP contribution in [0.25, 0.3) is 0 Å². The van der Waals surface area contributed by atoms with Crippen LogP contribution in [-0.4, -0.2) is 76.7 Å². The second kappa shape index (κ2) is 15.5. The molecule has 7 nitrogen and oxygen atoms in total. The molecule has 4 rings (SSSR count). The number of piperazine rings is 1. The fourth-order valence-corrected chi connectivity index (χ4v) is 6.99. The lowest BCUT2D eigenvalue weighted by Gasteiger charge is -2.38. The maximum atomic E-state index is 13.5. The fourth-order valence-electron chi connectivity index (χ4n) is 5.92. The van der Waals surface area contributed by atoms with E-state index < -0.39 is 56.9 Å².